The normalized spacial score (nSPS) is 11.9. The van der Waals surface area contributed by atoms with Crippen molar-refractivity contribution in [2.45, 2.75) is 33.7 Å². The molecule has 0 saturated heterocycles. The van der Waals surface area contributed by atoms with E-state index in [-0.39, 0.29) is 6.04 Å². The molecule has 0 aliphatic carbocycles. The lowest BCUT2D eigenvalue weighted by Gasteiger charge is -2.25. The van der Waals surface area contributed by atoms with Crippen LogP contribution in [0, 0.1) is 19.8 Å². The number of hydrogen-bond donors (Lipinski definition) is 2. The van der Waals surface area contributed by atoms with Crippen molar-refractivity contribution in [2.24, 2.45) is 5.92 Å². The lowest BCUT2D eigenvalue weighted by Crippen LogP contribution is -2.34. The number of hydrogen-bond acceptors (Lipinski definition) is 2. The van der Waals surface area contributed by atoms with Gasteiger partial charge in [0.15, 0.2) is 5.11 Å². The topological polar surface area (TPSA) is 33.3 Å². The van der Waals surface area contributed by atoms with E-state index in [0.29, 0.717) is 11.0 Å². The van der Waals surface area contributed by atoms with Crippen LogP contribution in [-0.4, -0.2) is 12.2 Å². The van der Waals surface area contributed by atoms with Gasteiger partial charge in [-0.1, -0.05) is 32.0 Å². The molecule has 0 fully saturated rings. The Balaban J connectivity index is 2.08. The van der Waals surface area contributed by atoms with E-state index in [1.165, 1.54) is 16.7 Å². The van der Waals surface area contributed by atoms with Gasteiger partial charge in [0.1, 0.15) is 5.75 Å². The van der Waals surface area contributed by atoms with Crippen LogP contribution in [0.25, 0.3) is 0 Å². The fraction of sp³-hybridized carbons (Fsp3) is 0.350. The minimum Gasteiger partial charge on any atom is -0.497 e. The molecular formula is C20H26N2OS. The Morgan fingerprint density at radius 2 is 1.67 bits per heavy atom. The van der Waals surface area contributed by atoms with Crippen LogP contribution in [0.3, 0.4) is 0 Å². The van der Waals surface area contributed by atoms with Crippen LogP contribution in [0.1, 0.15) is 36.6 Å². The molecule has 0 aliphatic heterocycles. The molecule has 0 radical (unpaired) electrons. The van der Waals surface area contributed by atoms with E-state index in [4.69, 9.17) is 17.0 Å². The Labute approximate surface area is 150 Å². The summed E-state index contributed by atoms with van der Waals surface area (Å²) in [5, 5.41) is 7.35. The first kappa shape index (κ1) is 18.3. The largest absolute Gasteiger partial charge is 0.497 e. The predicted molar refractivity (Wildman–Crippen MR) is 106 cm³/mol. The average molecular weight is 343 g/mol. The maximum atomic E-state index is 5.51. The highest BCUT2D eigenvalue weighted by atomic mass is 32.1. The van der Waals surface area contributed by atoms with Gasteiger partial charge < -0.3 is 15.4 Å². The van der Waals surface area contributed by atoms with Gasteiger partial charge in [0.25, 0.3) is 0 Å². The molecule has 2 rings (SSSR count). The lowest BCUT2D eigenvalue weighted by atomic mass is 9.96. The van der Waals surface area contributed by atoms with Crippen LogP contribution >= 0.6 is 12.2 Å². The van der Waals surface area contributed by atoms with E-state index < -0.39 is 0 Å². The summed E-state index contributed by atoms with van der Waals surface area (Å²) in [5.74, 6) is 1.26. The quantitative estimate of drug-likeness (QED) is 0.750. The molecule has 0 amide bonds. The van der Waals surface area contributed by atoms with Crippen LogP contribution in [0.4, 0.5) is 5.69 Å². The third kappa shape index (κ3) is 4.71. The average Bonchev–Trinajstić information content (AvgIpc) is 2.56. The van der Waals surface area contributed by atoms with Gasteiger partial charge in [-0.15, -0.1) is 0 Å². The van der Waals surface area contributed by atoms with Crippen molar-refractivity contribution in [3.8, 4) is 5.75 Å². The number of benzene rings is 2. The first-order valence-electron chi connectivity index (χ1n) is 8.19. The van der Waals surface area contributed by atoms with Crippen LogP contribution in [-0.2, 0) is 0 Å². The van der Waals surface area contributed by atoms with Crippen LogP contribution in [0.15, 0.2) is 42.5 Å². The summed E-state index contributed by atoms with van der Waals surface area (Å²) in [6, 6.07) is 14.5. The van der Waals surface area contributed by atoms with Crippen molar-refractivity contribution in [3.63, 3.8) is 0 Å². The second-order valence-electron chi connectivity index (χ2n) is 6.39. The molecule has 0 saturated carbocycles. The molecule has 0 spiro atoms. The molecule has 0 heterocycles. The van der Waals surface area contributed by atoms with E-state index in [9.17, 15) is 0 Å². The molecule has 4 heteroatoms. The van der Waals surface area contributed by atoms with Crippen molar-refractivity contribution < 1.29 is 4.74 Å². The predicted octanol–water partition coefficient (Wildman–Crippen LogP) is 5.00. The minimum absolute atomic E-state index is 0.141. The number of aryl methyl sites for hydroxylation is 2. The Hall–Kier alpha value is -2.07. The van der Waals surface area contributed by atoms with Gasteiger partial charge in [0.2, 0.25) is 0 Å². The number of ether oxygens (including phenoxy) is 1. The Morgan fingerprint density at radius 3 is 2.21 bits per heavy atom. The smallest absolute Gasteiger partial charge is 0.171 e. The molecule has 0 aliphatic rings. The fourth-order valence-electron chi connectivity index (χ4n) is 2.57. The highest BCUT2D eigenvalue weighted by Crippen LogP contribution is 2.24. The third-order valence-electron chi connectivity index (χ3n) is 4.19. The van der Waals surface area contributed by atoms with Crippen molar-refractivity contribution in [1.29, 1.82) is 0 Å². The lowest BCUT2D eigenvalue weighted by molar-refractivity contribution is 0.413. The van der Waals surface area contributed by atoms with Gasteiger partial charge in [-0.3, -0.25) is 0 Å². The van der Waals surface area contributed by atoms with Gasteiger partial charge >= 0.3 is 0 Å². The fourth-order valence-corrected chi connectivity index (χ4v) is 2.82. The van der Waals surface area contributed by atoms with Crippen LogP contribution in [0.2, 0.25) is 0 Å². The molecule has 0 unspecified atom stereocenters. The standard InChI is InChI=1S/C20H26N2OS/c1-13(2)19(16-7-10-18(23-5)11-8-16)22-20(24)21-17-9-6-14(3)15(4)12-17/h6-13,19H,1-5H3,(H2,21,22,24)/t19-/m0/s1. The summed E-state index contributed by atoms with van der Waals surface area (Å²) >= 11 is 5.51. The van der Waals surface area contributed by atoms with Crippen LogP contribution < -0.4 is 15.4 Å². The molecule has 24 heavy (non-hydrogen) atoms. The Morgan fingerprint density at radius 1 is 1.00 bits per heavy atom. The Kier molecular flexibility index (Phi) is 6.21. The molecule has 2 aromatic rings. The number of rotatable bonds is 5. The van der Waals surface area contributed by atoms with E-state index in [0.717, 1.165) is 11.4 Å². The first-order valence-corrected chi connectivity index (χ1v) is 8.60. The summed E-state index contributed by atoms with van der Waals surface area (Å²) in [5.41, 5.74) is 4.72. The SMILES string of the molecule is COc1ccc([C@@H](NC(=S)Nc2ccc(C)c(C)c2)C(C)C)cc1. The maximum Gasteiger partial charge on any atom is 0.171 e. The van der Waals surface area contributed by atoms with Gasteiger partial charge in [0, 0.05) is 5.69 Å². The van der Waals surface area contributed by atoms with Gasteiger partial charge in [-0.05, 0) is 72.9 Å². The number of anilines is 1. The molecule has 2 N–H and O–H groups in total. The summed E-state index contributed by atoms with van der Waals surface area (Å²) in [4.78, 5) is 0. The first-order chi connectivity index (χ1) is 11.4. The second kappa shape index (κ2) is 8.15. The number of nitrogens with one attached hydrogen (secondary N) is 2. The van der Waals surface area contributed by atoms with E-state index in [2.05, 4.69) is 62.6 Å². The number of methoxy groups -OCH3 is 1. The van der Waals surface area contributed by atoms with E-state index in [1.807, 2.05) is 18.2 Å². The summed E-state index contributed by atoms with van der Waals surface area (Å²) in [7, 11) is 1.68. The maximum absolute atomic E-state index is 5.51. The van der Waals surface area contributed by atoms with Crippen molar-refractivity contribution >= 4 is 23.0 Å². The Bertz CT molecular complexity index is 695. The van der Waals surface area contributed by atoms with E-state index in [1.54, 1.807) is 7.11 Å². The summed E-state index contributed by atoms with van der Waals surface area (Å²) in [6.07, 6.45) is 0. The molecule has 0 aromatic heterocycles. The highest BCUT2D eigenvalue weighted by molar-refractivity contribution is 7.80. The minimum atomic E-state index is 0.141. The molecule has 2 aromatic carbocycles. The number of thiocarbonyl (C=S) groups is 1. The monoisotopic (exact) mass is 342 g/mol. The van der Waals surface area contributed by atoms with Gasteiger partial charge in [-0.25, -0.2) is 0 Å². The molecular weight excluding hydrogens is 316 g/mol. The van der Waals surface area contributed by atoms with Crippen LogP contribution in [0.5, 0.6) is 5.75 Å². The highest BCUT2D eigenvalue weighted by Gasteiger charge is 2.17. The van der Waals surface area contributed by atoms with Crippen molar-refractivity contribution in [2.75, 3.05) is 12.4 Å². The molecule has 0 bridgehead atoms. The van der Waals surface area contributed by atoms with Crippen molar-refractivity contribution in [3.05, 3.63) is 59.2 Å². The zero-order chi connectivity index (χ0) is 17.7. The summed E-state index contributed by atoms with van der Waals surface area (Å²) in [6.45, 7) is 8.57. The molecule has 3 nitrogen and oxygen atoms in total. The summed E-state index contributed by atoms with van der Waals surface area (Å²) < 4.78 is 5.23. The van der Waals surface area contributed by atoms with Gasteiger partial charge in [0.05, 0.1) is 13.2 Å². The third-order valence-corrected chi connectivity index (χ3v) is 4.41. The second-order valence-corrected chi connectivity index (χ2v) is 6.80. The van der Waals surface area contributed by atoms with E-state index >= 15 is 0 Å². The zero-order valence-electron chi connectivity index (χ0n) is 15.0. The molecule has 128 valence electrons. The molecule has 1 atom stereocenters. The van der Waals surface area contributed by atoms with Crippen molar-refractivity contribution in [1.82, 2.24) is 5.32 Å². The van der Waals surface area contributed by atoms with Gasteiger partial charge in [-0.2, -0.15) is 0 Å². The zero-order valence-corrected chi connectivity index (χ0v) is 15.8.